The summed E-state index contributed by atoms with van der Waals surface area (Å²) in [5.74, 6) is 3.82. The van der Waals surface area contributed by atoms with Crippen LogP contribution < -0.4 is 10.2 Å². The van der Waals surface area contributed by atoms with Crippen molar-refractivity contribution in [1.82, 2.24) is 9.97 Å². The molecule has 4 nitrogen and oxygen atoms in total. The number of nitrogens with one attached hydrogen (secondary N) is 1. The Morgan fingerprint density at radius 1 is 1.18 bits per heavy atom. The Balaban J connectivity index is 2.01. The van der Waals surface area contributed by atoms with Gasteiger partial charge in [0, 0.05) is 31.6 Å². The third-order valence-electron chi connectivity index (χ3n) is 3.72. The lowest BCUT2D eigenvalue weighted by Crippen LogP contribution is -2.22. The quantitative estimate of drug-likeness (QED) is 0.868. The molecule has 2 fully saturated rings. The molecule has 1 saturated heterocycles. The zero-order chi connectivity index (χ0) is 11.8. The summed E-state index contributed by atoms with van der Waals surface area (Å²) in [7, 11) is 1.94. The monoisotopic (exact) mass is 232 g/mol. The van der Waals surface area contributed by atoms with Crippen LogP contribution in [0.3, 0.4) is 0 Å². The van der Waals surface area contributed by atoms with E-state index in [0.29, 0.717) is 5.92 Å². The maximum absolute atomic E-state index is 4.80. The number of aromatic nitrogens is 2. The molecule has 0 unspecified atom stereocenters. The number of nitrogens with zero attached hydrogens (tertiary/aromatic N) is 3. The number of rotatable bonds is 3. The Morgan fingerprint density at radius 3 is 2.47 bits per heavy atom. The molecule has 0 amide bonds. The highest BCUT2D eigenvalue weighted by Gasteiger charge is 2.29. The Hall–Kier alpha value is -1.32. The molecule has 0 spiro atoms. The molecule has 2 heterocycles. The van der Waals surface area contributed by atoms with Crippen LogP contribution in [0.1, 0.15) is 43.0 Å². The van der Waals surface area contributed by atoms with Gasteiger partial charge in [0.05, 0.1) is 0 Å². The van der Waals surface area contributed by atoms with Gasteiger partial charge in [0.25, 0.3) is 0 Å². The van der Waals surface area contributed by atoms with E-state index in [1.807, 2.05) is 7.05 Å². The minimum Gasteiger partial charge on any atom is -0.373 e. The molecule has 0 aromatic carbocycles. The van der Waals surface area contributed by atoms with Crippen molar-refractivity contribution in [3.05, 3.63) is 11.4 Å². The van der Waals surface area contributed by atoms with Gasteiger partial charge in [-0.3, -0.25) is 0 Å². The molecule has 3 rings (SSSR count). The summed E-state index contributed by atoms with van der Waals surface area (Å²) in [6.45, 7) is 4.41. The highest BCUT2D eigenvalue weighted by atomic mass is 15.2. The van der Waals surface area contributed by atoms with Gasteiger partial charge in [-0.1, -0.05) is 0 Å². The van der Waals surface area contributed by atoms with E-state index in [4.69, 9.17) is 4.98 Å². The zero-order valence-corrected chi connectivity index (χ0v) is 10.7. The average Bonchev–Trinajstić information content (AvgIpc) is 3.05. The average molecular weight is 232 g/mol. The van der Waals surface area contributed by atoms with E-state index in [-0.39, 0.29) is 0 Å². The summed E-state index contributed by atoms with van der Waals surface area (Å²) in [6, 6.07) is 0. The molecule has 1 aliphatic heterocycles. The van der Waals surface area contributed by atoms with Gasteiger partial charge in [-0.15, -0.1) is 0 Å². The number of hydrogen-bond acceptors (Lipinski definition) is 4. The third kappa shape index (κ3) is 1.96. The molecule has 17 heavy (non-hydrogen) atoms. The summed E-state index contributed by atoms with van der Waals surface area (Å²) in [5.41, 5.74) is 1.19. The van der Waals surface area contributed by atoms with Crippen molar-refractivity contribution >= 4 is 11.6 Å². The standard InChI is InChI=1S/C13H20N4/c1-9-11(14-2)15-12(10-5-6-10)16-13(9)17-7-3-4-8-17/h10H,3-8H2,1-2H3,(H,14,15,16). The lowest BCUT2D eigenvalue weighted by atomic mass is 10.2. The van der Waals surface area contributed by atoms with E-state index in [2.05, 4.69) is 22.1 Å². The molecule has 92 valence electrons. The maximum atomic E-state index is 4.80. The predicted molar refractivity (Wildman–Crippen MR) is 69.7 cm³/mol. The highest BCUT2D eigenvalue weighted by molar-refractivity contribution is 5.59. The van der Waals surface area contributed by atoms with Gasteiger partial charge in [-0.2, -0.15) is 0 Å². The molecule has 0 atom stereocenters. The van der Waals surface area contributed by atoms with Gasteiger partial charge < -0.3 is 10.2 Å². The molecule has 1 aromatic heterocycles. The van der Waals surface area contributed by atoms with E-state index in [1.54, 1.807) is 0 Å². The summed E-state index contributed by atoms with van der Waals surface area (Å²) < 4.78 is 0. The van der Waals surface area contributed by atoms with E-state index < -0.39 is 0 Å². The lowest BCUT2D eigenvalue weighted by molar-refractivity contribution is 0.863. The van der Waals surface area contributed by atoms with E-state index in [1.165, 1.54) is 31.2 Å². The first-order valence-corrected chi connectivity index (χ1v) is 6.61. The third-order valence-corrected chi connectivity index (χ3v) is 3.72. The Kier molecular flexibility index (Phi) is 2.65. The minimum atomic E-state index is 0.615. The van der Waals surface area contributed by atoms with Crippen molar-refractivity contribution in [2.75, 3.05) is 30.4 Å². The largest absolute Gasteiger partial charge is 0.373 e. The Morgan fingerprint density at radius 2 is 1.88 bits per heavy atom. The normalized spacial score (nSPS) is 19.8. The van der Waals surface area contributed by atoms with Crippen LogP contribution in [-0.2, 0) is 0 Å². The van der Waals surface area contributed by atoms with Crippen molar-refractivity contribution in [2.24, 2.45) is 0 Å². The molecule has 4 heteroatoms. The molecule has 1 N–H and O–H groups in total. The van der Waals surface area contributed by atoms with Crippen molar-refractivity contribution in [3.8, 4) is 0 Å². The second-order valence-corrected chi connectivity index (χ2v) is 5.10. The topological polar surface area (TPSA) is 41.1 Å². The van der Waals surface area contributed by atoms with Gasteiger partial charge >= 0.3 is 0 Å². The van der Waals surface area contributed by atoms with E-state index in [0.717, 1.165) is 30.5 Å². The van der Waals surface area contributed by atoms with Crippen molar-refractivity contribution in [1.29, 1.82) is 0 Å². The first-order valence-electron chi connectivity index (χ1n) is 6.61. The number of hydrogen-bond donors (Lipinski definition) is 1. The molecular formula is C13H20N4. The maximum Gasteiger partial charge on any atom is 0.137 e. The van der Waals surface area contributed by atoms with Crippen LogP contribution in [-0.4, -0.2) is 30.1 Å². The highest BCUT2D eigenvalue weighted by Crippen LogP contribution is 2.40. The predicted octanol–water partition coefficient (Wildman–Crippen LogP) is 2.30. The fourth-order valence-corrected chi connectivity index (χ4v) is 2.53. The van der Waals surface area contributed by atoms with Crippen LogP contribution in [0, 0.1) is 6.92 Å². The first kappa shape index (κ1) is 10.8. The minimum absolute atomic E-state index is 0.615. The number of anilines is 2. The van der Waals surface area contributed by atoms with Gasteiger partial charge in [-0.25, -0.2) is 9.97 Å². The molecule has 0 bridgehead atoms. The summed E-state index contributed by atoms with van der Waals surface area (Å²) in [4.78, 5) is 11.8. The van der Waals surface area contributed by atoms with Crippen molar-refractivity contribution in [2.45, 2.75) is 38.5 Å². The fraction of sp³-hybridized carbons (Fsp3) is 0.692. The lowest BCUT2D eigenvalue weighted by Gasteiger charge is -2.21. The summed E-state index contributed by atoms with van der Waals surface area (Å²) in [6.07, 6.45) is 5.09. The second-order valence-electron chi connectivity index (χ2n) is 5.10. The Bertz CT molecular complexity index is 420. The van der Waals surface area contributed by atoms with Crippen LogP contribution in [0.5, 0.6) is 0 Å². The fourth-order valence-electron chi connectivity index (χ4n) is 2.53. The summed E-state index contributed by atoms with van der Waals surface area (Å²) >= 11 is 0. The zero-order valence-electron chi connectivity index (χ0n) is 10.7. The van der Waals surface area contributed by atoms with Gasteiger partial charge in [0.2, 0.25) is 0 Å². The first-order chi connectivity index (χ1) is 8.29. The van der Waals surface area contributed by atoms with Crippen molar-refractivity contribution < 1.29 is 0 Å². The van der Waals surface area contributed by atoms with E-state index in [9.17, 15) is 0 Å². The molecule has 1 aliphatic carbocycles. The SMILES string of the molecule is CNc1nc(C2CC2)nc(N2CCCC2)c1C. The smallest absolute Gasteiger partial charge is 0.137 e. The van der Waals surface area contributed by atoms with Gasteiger partial charge in [0.1, 0.15) is 17.5 Å². The van der Waals surface area contributed by atoms with Crippen LogP contribution in [0.15, 0.2) is 0 Å². The summed E-state index contributed by atoms with van der Waals surface area (Å²) in [5, 5.41) is 3.20. The van der Waals surface area contributed by atoms with E-state index >= 15 is 0 Å². The molecule has 1 aromatic rings. The molecular weight excluding hydrogens is 212 g/mol. The van der Waals surface area contributed by atoms with Gasteiger partial charge in [-0.05, 0) is 32.6 Å². The van der Waals surface area contributed by atoms with Gasteiger partial charge in [0.15, 0.2) is 0 Å². The van der Waals surface area contributed by atoms with Crippen molar-refractivity contribution in [3.63, 3.8) is 0 Å². The van der Waals surface area contributed by atoms with Crippen LogP contribution in [0.2, 0.25) is 0 Å². The molecule has 0 radical (unpaired) electrons. The van der Waals surface area contributed by atoms with Crippen LogP contribution >= 0.6 is 0 Å². The Labute approximate surface area is 102 Å². The molecule has 1 saturated carbocycles. The van der Waals surface area contributed by atoms with Crippen LogP contribution in [0.4, 0.5) is 11.6 Å². The molecule has 2 aliphatic rings. The van der Waals surface area contributed by atoms with Crippen LogP contribution in [0.25, 0.3) is 0 Å². The second kappa shape index (κ2) is 4.17.